The van der Waals surface area contributed by atoms with Gasteiger partial charge < -0.3 is 4.74 Å². The second kappa shape index (κ2) is 4.47. The molecule has 0 fully saturated rings. The summed E-state index contributed by atoms with van der Waals surface area (Å²) < 4.78 is 5.15. The molecule has 0 saturated heterocycles. The molecule has 0 atom stereocenters. The second-order valence-corrected chi connectivity index (χ2v) is 2.31. The molecule has 1 aromatic carbocycles. The Balaban J connectivity index is 2.97. The predicted octanol–water partition coefficient (Wildman–Crippen LogP) is 1.72. The van der Waals surface area contributed by atoms with Gasteiger partial charge in [0, 0.05) is 0 Å². The summed E-state index contributed by atoms with van der Waals surface area (Å²) in [4.78, 5) is 14.6. The Morgan fingerprint density at radius 1 is 1.46 bits per heavy atom. The van der Waals surface area contributed by atoms with Crippen molar-refractivity contribution in [2.75, 3.05) is 6.61 Å². The van der Waals surface area contributed by atoms with Crippen molar-refractivity contribution in [2.24, 2.45) is 0 Å². The molecular weight excluding hydrogens is 172 g/mol. The van der Waals surface area contributed by atoms with Crippen LogP contribution in [0.5, 0.6) is 5.75 Å². The minimum Gasteiger partial charge on any atom is -0.493 e. The first-order chi connectivity index (χ1) is 6.29. The molecule has 0 aromatic heterocycles. The van der Waals surface area contributed by atoms with Crippen molar-refractivity contribution in [3.63, 3.8) is 0 Å². The third kappa shape index (κ3) is 2.19. The topological polar surface area (TPSA) is 55.8 Å². The van der Waals surface area contributed by atoms with Crippen LogP contribution >= 0.6 is 0 Å². The fourth-order valence-corrected chi connectivity index (χ4v) is 0.966. The number of carbonyl (C=O) groups excluding carboxylic acids is 1. The SMILES string of the molecule is CCOc1ccccc1C(=O)OO. The van der Waals surface area contributed by atoms with Gasteiger partial charge in [-0.25, -0.2) is 4.79 Å². The van der Waals surface area contributed by atoms with E-state index in [9.17, 15) is 4.79 Å². The fraction of sp³-hybridized carbons (Fsp3) is 0.222. The highest BCUT2D eigenvalue weighted by Gasteiger charge is 2.12. The van der Waals surface area contributed by atoms with Crippen molar-refractivity contribution in [3.05, 3.63) is 29.8 Å². The van der Waals surface area contributed by atoms with Gasteiger partial charge in [-0.05, 0) is 19.1 Å². The smallest absolute Gasteiger partial charge is 0.376 e. The maximum Gasteiger partial charge on any atom is 0.376 e. The molecule has 0 aliphatic heterocycles. The highest BCUT2D eigenvalue weighted by atomic mass is 17.1. The average molecular weight is 182 g/mol. The molecule has 0 aliphatic rings. The number of para-hydroxylation sites is 1. The van der Waals surface area contributed by atoms with Crippen LogP contribution in [0, 0.1) is 0 Å². The standard InChI is InChI=1S/C9H10O4/c1-2-12-8-6-4-3-5-7(8)9(10)13-11/h3-6,11H,2H2,1H3. The molecular formula is C9H10O4. The predicted molar refractivity (Wildman–Crippen MR) is 45.7 cm³/mol. The third-order valence-electron chi connectivity index (χ3n) is 1.49. The zero-order valence-electron chi connectivity index (χ0n) is 7.19. The van der Waals surface area contributed by atoms with Crippen LogP contribution in [0.2, 0.25) is 0 Å². The summed E-state index contributed by atoms with van der Waals surface area (Å²) in [5, 5.41) is 8.18. The minimum atomic E-state index is -0.816. The number of hydrogen-bond acceptors (Lipinski definition) is 4. The largest absolute Gasteiger partial charge is 0.493 e. The van der Waals surface area contributed by atoms with Crippen LogP contribution in [0.4, 0.5) is 0 Å². The fourth-order valence-electron chi connectivity index (χ4n) is 0.966. The van der Waals surface area contributed by atoms with Crippen molar-refractivity contribution in [1.29, 1.82) is 0 Å². The van der Waals surface area contributed by atoms with Crippen molar-refractivity contribution in [2.45, 2.75) is 6.92 Å². The number of rotatable bonds is 3. The number of carbonyl (C=O) groups is 1. The van der Waals surface area contributed by atoms with E-state index < -0.39 is 5.97 Å². The van der Waals surface area contributed by atoms with E-state index in [4.69, 9.17) is 9.99 Å². The summed E-state index contributed by atoms with van der Waals surface area (Å²) in [6.45, 7) is 2.26. The summed E-state index contributed by atoms with van der Waals surface area (Å²) >= 11 is 0. The van der Waals surface area contributed by atoms with Crippen LogP contribution < -0.4 is 4.74 Å². The Hall–Kier alpha value is -1.55. The molecule has 1 N–H and O–H groups in total. The van der Waals surface area contributed by atoms with E-state index in [2.05, 4.69) is 4.89 Å². The molecule has 0 spiro atoms. The van der Waals surface area contributed by atoms with E-state index in [1.54, 1.807) is 25.1 Å². The maximum absolute atomic E-state index is 11.0. The van der Waals surface area contributed by atoms with Crippen LogP contribution in [0.25, 0.3) is 0 Å². The highest BCUT2D eigenvalue weighted by Crippen LogP contribution is 2.18. The van der Waals surface area contributed by atoms with Crippen LogP contribution in [-0.4, -0.2) is 17.8 Å². The molecule has 0 amide bonds. The van der Waals surface area contributed by atoms with Crippen LogP contribution in [-0.2, 0) is 4.89 Å². The third-order valence-corrected chi connectivity index (χ3v) is 1.49. The summed E-state index contributed by atoms with van der Waals surface area (Å²) in [5.74, 6) is -0.409. The van der Waals surface area contributed by atoms with E-state index >= 15 is 0 Å². The molecule has 0 saturated carbocycles. The Kier molecular flexibility index (Phi) is 3.28. The van der Waals surface area contributed by atoms with Gasteiger partial charge in [-0.15, -0.1) is 0 Å². The average Bonchev–Trinajstić information content (AvgIpc) is 2.18. The summed E-state index contributed by atoms with van der Waals surface area (Å²) in [5.41, 5.74) is 0.215. The van der Waals surface area contributed by atoms with Gasteiger partial charge in [-0.1, -0.05) is 12.1 Å². The molecule has 0 aliphatic carbocycles. The highest BCUT2D eigenvalue weighted by molar-refractivity contribution is 5.91. The van der Waals surface area contributed by atoms with Crippen molar-refractivity contribution in [3.8, 4) is 5.75 Å². The monoisotopic (exact) mass is 182 g/mol. The first-order valence-electron chi connectivity index (χ1n) is 3.87. The number of ether oxygens (including phenoxy) is 1. The van der Waals surface area contributed by atoms with Crippen LogP contribution in [0.1, 0.15) is 17.3 Å². The molecule has 4 heteroatoms. The van der Waals surface area contributed by atoms with Gasteiger partial charge in [0.05, 0.1) is 6.61 Å². The zero-order valence-corrected chi connectivity index (χ0v) is 7.19. The normalized spacial score (nSPS) is 9.38. The molecule has 70 valence electrons. The van der Waals surface area contributed by atoms with E-state index in [1.165, 1.54) is 6.07 Å². The molecule has 0 heterocycles. The van der Waals surface area contributed by atoms with Crippen LogP contribution in [0.3, 0.4) is 0 Å². The lowest BCUT2D eigenvalue weighted by Crippen LogP contribution is -2.05. The quantitative estimate of drug-likeness (QED) is 0.571. The lowest BCUT2D eigenvalue weighted by atomic mass is 10.2. The molecule has 0 radical (unpaired) electrons. The van der Waals surface area contributed by atoms with Gasteiger partial charge in [0.2, 0.25) is 0 Å². The molecule has 13 heavy (non-hydrogen) atoms. The zero-order chi connectivity index (χ0) is 9.68. The lowest BCUT2D eigenvalue weighted by Gasteiger charge is -2.06. The van der Waals surface area contributed by atoms with Gasteiger partial charge in [0.1, 0.15) is 11.3 Å². The van der Waals surface area contributed by atoms with Crippen molar-refractivity contribution < 1.29 is 19.7 Å². The molecule has 1 rings (SSSR count). The van der Waals surface area contributed by atoms with Gasteiger partial charge in [0.25, 0.3) is 0 Å². The van der Waals surface area contributed by atoms with Gasteiger partial charge in [-0.2, -0.15) is 5.26 Å². The van der Waals surface area contributed by atoms with Crippen LogP contribution in [0.15, 0.2) is 24.3 Å². The molecule has 4 nitrogen and oxygen atoms in total. The van der Waals surface area contributed by atoms with Gasteiger partial charge >= 0.3 is 5.97 Å². The summed E-state index contributed by atoms with van der Waals surface area (Å²) in [6, 6.07) is 6.55. The molecule has 0 unspecified atom stereocenters. The maximum atomic E-state index is 11.0. The van der Waals surface area contributed by atoms with E-state index in [-0.39, 0.29) is 5.56 Å². The van der Waals surface area contributed by atoms with E-state index in [0.29, 0.717) is 12.4 Å². The molecule has 1 aromatic rings. The Bertz CT molecular complexity index is 295. The first-order valence-corrected chi connectivity index (χ1v) is 3.87. The lowest BCUT2D eigenvalue weighted by molar-refractivity contribution is -0.183. The summed E-state index contributed by atoms with van der Waals surface area (Å²) in [7, 11) is 0. The van der Waals surface area contributed by atoms with E-state index in [1.807, 2.05) is 0 Å². The van der Waals surface area contributed by atoms with Gasteiger partial charge in [0.15, 0.2) is 0 Å². The number of benzene rings is 1. The van der Waals surface area contributed by atoms with Crippen molar-refractivity contribution >= 4 is 5.97 Å². The Morgan fingerprint density at radius 2 is 2.15 bits per heavy atom. The first kappa shape index (κ1) is 9.54. The van der Waals surface area contributed by atoms with Gasteiger partial charge in [-0.3, -0.25) is 4.89 Å². The molecule has 0 bridgehead atoms. The Labute approximate surface area is 75.6 Å². The number of hydrogen-bond donors (Lipinski definition) is 1. The van der Waals surface area contributed by atoms with Crippen molar-refractivity contribution in [1.82, 2.24) is 0 Å². The second-order valence-electron chi connectivity index (χ2n) is 2.31. The summed E-state index contributed by atoms with van der Waals surface area (Å²) in [6.07, 6.45) is 0. The van der Waals surface area contributed by atoms with E-state index in [0.717, 1.165) is 0 Å². The Morgan fingerprint density at radius 3 is 2.77 bits per heavy atom. The minimum absolute atomic E-state index is 0.215.